The SMILES string of the molecule is O=C([C@H](O)c1ccccc1)N(CC1CCNC1)C1CC1. The summed E-state index contributed by atoms with van der Waals surface area (Å²) in [5.41, 5.74) is 0.688. The lowest BCUT2D eigenvalue weighted by Gasteiger charge is -2.27. The van der Waals surface area contributed by atoms with Crippen LogP contribution in [-0.4, -0.2) is 41.6 Å². The second kappa shape index (κ2) is 5.94. The number of amides is 1. The van der Waals surface area contributed by atoms with Gasteiger partial charge in [-0.25, -0.2) is 0 Å². The summed E-state index contributed by atoms with van der Waals surface area (Å²) in [5, 5.41) is 13.6. The van der Waals surface area contributed by atoms with Crippen molar-refractivity contribution in [2.45, 2.75) is 31.4 Å². The number of aliphatic hydroxyl groups is 1. The summed E-state index contributed by atoms with van der Waals surface area (Å²) in [4.78, 5) is 14.5. The van der Waals surface area contributed by atoms with Crippen molar-refractivity contribution in [3.05, 3.63) is 35.9 Å². The fourth-order valence-electron chi connectivity index (χ4n) is 2.89. The molecule has 0 spiro atoms. The fourth-order valence-corrected chi connectivity index (χ4v) is 2.89. The van der Waals surface area contributed by atoms with Crippen LogP contribution in [-0.2, 0) is 4.79 Å². The van der Waals surface area contributed by atoms with E-state index in [9.17, 15) is 9.90 Å². The lowest BCUT2D eigenvalue weighted by Crippen LogP contribution is -2.40. The van der Waals surface area contributed by atoms with E-state index in [4.69, 9.17) is 0 Å². The second-order valence-electron chi connectivity index (χ2n) is 5.89. The van der Waals surface area contributed by atoms with Crippen molar-refractivity contribution < 1.29 is 9.90 Å². The summed E-state index contributed by atoms with van der Waals surface area (Å²) >= 11 is 0. The zero-order valence-corrected chi connectivity index (χ0v) is 11.7. The van der Waals surface area contributed by atoms with Crippen molar-refractivity contribution in [1.82, 2.24) is 10.2 Å². The molecule has 0 radical (unpaired) electrons. The maximum Gasteiger partial charge on any atom is 0.256 e. The van der Waals surface area contributed by atoms with Crippen LogP contribution in [0.15, 0.2) is 30.3 Å². The van der Waals surface area contributed by atoms with Gasteiger partial charge in [0.15, 0.2) is 6.10 Å². The fraction of sp³-hybridized carbons (Fsp3) is 0.562. The van der Waals surface area contributed by atoms with E-state index in [-0.39, 0.29) is 5.91 Å². The summed E-state index contributed by atoms with van der Waals surface area (Å²) in [6.07, 6.45) is 2.25. The minimum absolute atomic E-state index is 0.134. The lowest BCUT2D eigenvalue weighted by molar-refractivity contribution is -0.141. The predicted molar refractivity (Wildman–Crippen MR) is 77.1 cm³/mol. The maximum atomic E-state index is 12.6. The first-order valence-corrected chi connectivity index (χ1v) is 7.50. The van der Waals surface area contributed by atoms with Gasteiger partial charge in [0.25, 0.3) is 5.91 Å². The first kappa shape index (κ1) is 13.6. The highest BCUT2D eigenvalue weighted by Gasteiger charge is 2.37. The van der Waals surface area contributed by atoms with E-state index in [0.29, 0.717) is 17.5 Å². The van der Waals surface area contributed by atoms with E-state index < -0.39 is 6.10 Å². The highest BCUT2D eigenvalue weighted by molar-refractivity contribution is 5.82. The van der Waals surface area contributed by atoms with Gasteiger partial charge in [-0.1, -0.05) is 30.3 Å². The molecule has 0 aromatic heterocycles. The molecule has 4 nitrogen and oxygen atoms in total. The number of rotatable bonds is 5. The number of benzene rings is 1. The van der Waals surface area contributed by atoms with E-state index in [1.165, 1.54) is 0 Å². The summed E-state index contributed by atoms with van der Waals surface area (Å²) < 4.78 is 0. The van der Waals surface area contributed by atoms with Crippen LogP contribution in [0.1, 0.15) is 30.9 Å². The van der Waals surface area contributed by atoms with Gasteiger partial charge in [-0.3, -0.25) is 4.79 Å². The highest BCUT2D eigenvalue weighted by Crippen LogP contribution is 2.31. The third-order valence-corrected chi connectivity index (χ3v) is 4.24. The first-order valence-electron chi connectivity index (χ1n) is 7.50. The Labute approximate surface area is 119 Å². The van der Waals surface area contributed by atoms with Gasteiger partial charge in [0, 0.05) is 12.6 Å². The highest BCUT2D eigenvalue weighted by atomic mass is 16.3. The Bertz CT molecular complexity index is 453. The zero-order chi connectivity index (χ0) is 13.9. The molecule has 108 valence electrons. The van der Waals surface area contributed by atoms with Crippen LogP contribution in [0.25, 0.3) is 0 Å². The molecule has 4 heteroatoms. The third kappa shape index (κ3) is 3.02. The quantitative estimate of drug-likeness (QED) is 0.851. The smallest absolute Gasteiger partial charge is 0.256 e. The molecule has 1 heterocycles. The average molecular weight is 274 g/mol. The number of hydrogen-bond donors (Lipinski definition) is 2. The van der Waals surface area contributed by atoms with Crippen LogP contribution >= 0.6 is 0 Å². The number of carbonyl (C=O) groups excluding carboxylic acids is 1. The van der Waals surface area contributed by atoms with Gasteiger partial charge in [0.05, 0.1) is 0 Å². The van der Waals surface area contributed by atoms with Gasteiger partial charge < -0.3 is 15.3 Å². The molecule has 2 fully saturated rings. The van der Waals surface area contributed by atoms with Gasteiger partial charge in [0.2, 0.25) is 0 Å². The van der Waals surface area contributed by atoms with E-state index in [0.717, 1.165) is 38.9 Å². The van der Waals surface area contributed by atoms with Crippen LogP contribution in [0, 0.1) is 5.92 Å². The molecule has 1 aliphatic carbocycles. The summed E-state index contributed by atoms with van der Waals surface area (Å²) in [6, 6.07) is 9.57. The molecule has 1 aromatic rings. The largest absolute Gasteiger partial charge is 0.378 e. The molecule has 1 saturated carbocycles. The normalized spacial score (nSPS) is 23.6. The maximum absolute atomic E-state index is 12.6. The average Bonchev–Trinajstić information content (AvgIpc) is 3.21. The van der Waals surface area contributed by atoms with Crippen LogP contribution in [0.3, 0.4) is 0 Å². The van der Waals surface area contributed by atoms with Gasteiger partial charge in [-0.15, -0.1) is 0 Å². The molecule has 1 unspecified atom stereocenters. The van der Waals surface area contributed by atoms with Crippen LogP contribution in [0.5, 0.6) is 0 Å². The number of hydrogen-bond acceptors (Lipinski definition) is 3. The molecular weight excluding hydrogens is 252 g/mol. The Morgan fingerprint density at radius 3 is 2.65 bits per heavy atom. The molecule has 2 N–H and O–H groups in total. The number of carbonyl (C=O) groups is 1. The Hall–Kier alpha value is -1.39. The number of nitrogens with one attached hydrogen (secondary N) is 1. The molecular formula is C16H22N2O2. The Balaban J connectivity index is 1.68. The Morgan fingerprint density at radius 1 is 1.30 bits per heavy atom. The molecule has 2 atom stereocenters. The molecule has 1 saturated heterocycles. The van der Waals surface area contributed by atoms with Crippen molar-refractivity contribution in [2.24, 2.45) is 5.92 Å². The van der Waals surface area contributed by atoms with Crippen LogP contribution in [0.2, 0.25) is 0 Å². The van der Waals surface area contributed by atoms with Crippen molar-refractivity contribution >= 4 is 5.91 Å². The Morgan fingerprint density at radius 2 is 2.05 bits per heavy atom. The number of aliphatic hydroxyl groups excluding tert-OH is 1. The molecule has 1 aromatic carbocycles. The molecule has 1 amide bonds. The molecule has 3 rings (SSSR count). The molecule has 0 bridgehead atoms. The van der Waals surface area contributed by atoms with Gasteiger partial charge >= 0.3 is 0 Å². The van der Waals surface area contributed by atoms with Gasteiger partial charge in [-0.2, -0.15) is 0 Å². The van der Waals surface area contributed by atoms with E-state index in [1.54, 1.807) is 0 Å². The number of nitrogens with zero attached hydrogens (tertiary/aromatic N) is 1. The topological polar surface area (TPSA) is 52.6 Å². The van der Waals surface area contributed by atoms with Crippen molar-refractivity contribution in [2.75, 3.05) is 19.6 Å². The minimum atomic E-state index is -1.02. The van der Waals surface area contributed by atoms with Crippen LogP contribution < -0.4 is 5.32 Å². The summed E-state index contributed by atoms with van der Waals surface area (Å²) in [6.45, 7) is 2.80. The molecule has 1 aliphatic heterocycles. The standard InChI is InChI=1S/C16H22N2O2/c19-15(13-4-2-1-3-5-13)16(20)18(14-6-7-14)11-12-8-9-17-10-12/h1-5,12,14-15,17,19H,6-11H2/t12?,15-/m1/s1. The monoisotopic (exact) mass is 274 g/mol. The second-order valence-corrected chi connectivity index (χ2v) is 5.89. The predicted octanol–water partition coefficient (Wildman–Crippen LogP) is 1.32. The molecule has 20 heavy (non-hydrogen) atoms. The summed E-state index contributed by atoms with van der Waals surface area (Å²) in [7, 11) is 0. The van der Waals surface area contributed by atoms with Crippen molar-refractivity contribution in [3.63, 3.8) is 0 Å². The Kier molecular flexibility index (Phi) is 4.03. The summed E-state index contributed by atoms with van der Waals surface area (Å²) in [5.74, 6) is 0.396. The van der Waals surface area contributed by atoms with Crippen molar-refractivity contribution in [1.29, 1.82) is 0 Å². The first-order chi connectivity index (χ1) is 9.75. The van der Waals surface area contributed by atoms with Gasteiger partial charge in [-0.05, 0) is 43.8 Å². The van der Waals surface area contributed by atoms with Crippen LogP contribution in [0.4, 0.5) is 0 Å². The lowest BCUT2D eigenvalue weighted by atomic mass is 10.1. The van der Waals surface area contributed by atoms with Crippen molar-refractivity contribution in [3.8, 4) is 0 Å². The van der Waals surface area contributed by atoms with E-state index >= 15 is 0 Å². The van der Waals surface area contributed by atoms with Gasteiger partial charge in [0.1, 0.15) is 0 Å². The zero-order valence-electron chi connectivity index (χ0n) is 11.7. The van der Waals surface area contributed by atoms with E-state index in [2.05, 4.69) is 5.32 Å². The molecule has 2 aliphatic rings. The minimum Gasteiger partial charge on any atom is -0.378 e. The van der Waals surface area contributed by atoms with E-state index in [1.807, 2.05) is 35.2 Å². The third-order valence-electron chi connectivity index (χ3n) is 4.24.